The van der Waals surface area contributed by atoms with Gasteiger partial charge in [-0.25, -0.2) is 14.8 Å². The van der Waals surface area contributed by atoms with Crippen LogP contribution in [0.2, 0.25) is 5.15 Å². The Balaban J connectivity index is 1.36. The van der Waals surface area contributed by atoms with E-state index >= 15 is 0 Å². The molecule has 2 N–H and O–H groups in total. The second-order valence-electron chi connectivity index (χ2n) is 7.32. The number of ether oxygens (including phenoxy) is 2. The molecule has 0 radical (unpaired) electrons. The number of piperidine rings is 1. The molecule has 32 heavy (non-hydrogen) atoms. The number of nitrogens with zero attached hydrogens (tertiary/aromatic N) is 3. The molecular weight excluding hydrogens is 430 g/mol. The molecule has 0 unspecified atom stereocenters. The first-order valence-electron chi connectivity index (χ1n) is 10.4. The fraction of sp³-hybridized carbons (Fsp3) is 0.261. The Bertz CT molecular complexity index is 1070. The number of halogens is 1. The van der Waals surface area contributed by atoms with Crippen molar-refractivity contribution >= 4 is 34.7 Å². The molecule has 1 aliphatic rings. The van der Waals surface area contributed by atoms with Gasteiger partial charge in [-0.1, -0.05) is 11.6 Å². The van der Waals surface area contributed by atoms with Crippen LogP contribution in [0.25, 0.3) is 0 Å². The number of nitrogens with one attached hydrogen (secondary N) is 2. The molecule has 1 fully saturated rings. The van der Waals surface area contributed by atoms with E-state index in [1.165, 1.54) is 31.7 Å². The van der Waals surface area contributed by atoms with Crippen LogP contribution in [0.4, 0.5) is 21.9 Å². The summed E-state index contributed by atoms with van der Waals surface area (Å²) >= 11 is 5.83. The Hall–Kier alpha value is -3.52. The van der Waals surface area contributed by atoms with Crippen molar-refractivity contribution in [2.75, 3.05) is 35.7 Å². The minimum absolute atomic E-state index is 0.297. The zero-order valence-corrected chi connectivity index (χ0v) is 18.4. The van der Waals surface area contributed by atoms with E-state index in [4.69, 9.17) is 21.1 Å². The number of carbonyl (C=O) groups is 1. The predicted molar refractivity (Wildman–Crippen MR) is 125 cm³/mol. The minimum Gasteiger partial charge on any atom is -0.495 e. The summed E-state index contributed by atoms with van der Waals surface area (Å²) in [6.45, 7) is 2.04. The highest BCUT2D eigenvalue weighted by molar-refractivity contribution is 6.29. The first kappa shape index (κ1) is 21.7. The molecule has 0 saturated carbocycles. The van der Waals surface area contributed by atoms with Crippen molar-refractivity contribution in [2.45, 2.75) is 19.3 Å². The lowest BCUT2D eigenvalue weighted by molar-refractivity contribution is 0.262. The van der Waals surface area contributed by atoms with Crippen LogP contribution in [0.5, 0.6) is 17.4 Å². The first-order chi connectivity index (χ1) is 15.6. The van der Waals surface area contributed by atoms with Crippen LogP contribution < -0.4 is 25.0 Å². The fourth-order valence-electron chi connectivity index (χ4n) is 3.55. The Labute approximate surface area is 191 Å². The maximum Gasteiger partial charge on any atom is 0.323 e. The van der Waals surface area contributed by atoms with Gasteiger partial charge in [0.2, 0.25) is 5.88 Å². The van der Waals surface area contributed by atoms with Gasteiger partial charge in [0.05, 0.1) is 12.8 Å². The van der Waals surface area contributed by atoms with E-state index in [2.05, 4.69) is 25.5 Å². The normalized spacial score (nSPS) is 13.4. The molecule has 1 aliphatic heterocycles. The third-order valence-electron chi connectivity index (χ3n) is 5.08. The Morgan fingerprint density at radius 1 is 0.969 bits per heavy atom. The highest BCUT2D eigenvalue weighted by Gasteiger charge is 2.16. The largest absolute Gasteiger partial charge is 0.495 e. The van der Waals surface area contributed by atoms with E-state index in [9.17, 15) is 4.79 Å². The van der Waals surface area contributed by atoms with E-state index in [-0.39, 0.29) is 6.03 Å². The molecule has 2 aromatic carbocycles. The summed E-state index contributed by atoms with van der Waals surface area (Å²) in [5, 5.41) is 5.94. The summed E-state index contributed by atoms with van der Waals surface area (Å²) < 4.78 is 11.2. The molecule has 3 aromatic rings. The van der Waals surface area contributed by atoms with Crippen LogP contribution in [0.1, 0.15) is 19.3 Å². The lowest BCUT2D eigenvalue weighted by atomic mass is 10.1. The van der Waals surface area contributed by atoms with Crippen LogP contribution >= 0.6 is 11.6 Å². The van der Waals surface area contributed by atoms with Gasteiger partial charge in [0.15, 0.2) is 0 Å². The number of methoxy groups -OCH3 is 1. The van der Waals surface area contributed by atoms with E-state index in [0.717, 1.165) is 24.5 Å². The topological polar surface area (TPSA) is 88.6 Å². The molecule has 1 saturated heterocycles. The summed E-state index contributed by atoms with van der Waals surface area (Å²) in [5.74, 6) is 1.64. The molecular formula is C23H24ClN5O3. The van der Waals surface area contributed by atoms with Gasteiger partial charge >= 0.3 is 6.03 Å². The molecule has 9 heteroatoms. The second-order valence-corrected chi connectivity index (χ2v) is 7.71. The monoisotopic (exact) mass is 453 g/mol. The van der Waals surface area contributed by atoms with E-state index in [0.29, 0.717) is 28.2 Å². The highest BCUT2D eigenvalue weighted by Crippen LogP contribution is 2.33. The summed E-state index contributed by atoms with van der Waals surface area (Å²) in [4.78, 5) is 22.6. The van der Waals surface area contributed by atoms with Crippen LogP contribution in [0.3, 0.4) is 0 Å². The van der Waals surface area contributed by atoms with Gasteiger partial charge in [-0.2, -0.15) is 0 Å². The van der Waals surface area contributed by atoms with Crippen molar-refractivity contribution in [3.8, 4) is 17.4 Å². The van der Waals surface area contributed by atoms with Crippen LogP contribution in [0, 0.1) is 0 Å². The summed E-state index contributed by atoms with van der Waals surface area (Å²) in [6.07, 6.45) is 4.96. The molecule has 0 aliphatic carbocycles. The van der Waals surface area contributed by atoms with Crippen LogP contribution in [-0.2, 0) is 0 Å². The van der Waals surface area contributed by atoms with Crippen molar-refractivity contribution in [1.29, 1.82) is 0 Å². The molecule has 2 heterocycles. The summed E-state index contributed by atoms with van der Waals surface area (Å²) in [7, 11) is 1.64. The van der Waals surface area contributed by atoms with E-state index in [1.54, 1.807) is 31.4 Å². The summed E-state index contributed by atoms with van der Waals surface area (Å²) in [5.41, 5.74) is 2.33. The molecule has 0 spiro atoms. The predicted octanol–water partition coefficient (Wildman–Crippen LogP) is 5.57. The lowest BCUT2D eigenvalue weighted by Gasteiger charge is -2.30. The standard InChI is InChI=1S/C23H24ClN5O3/c1-31-20-13-17(7-10-19(20)29-11-3-2-4-12-29)28-23(30)27-16-5-8-18(9-6-16)32-22-14-21(24)25-15-26-22/h5-10,13-15H,2-4,11-12H2,1H3,(H2,27,28,30). The van der Waals surface area contributed by atoms with Gasteiger partial charge in [-0.3, -0.25) is 0 Å². The molecule has 4 rings (SSSR count). The van der Waals surface area contributed by atoms with Crippen molar-refractivity contribution in [3.63, 3.8) is 0 Å². The SMILES string of the molecule is COc1cc(NC(=O)Nc2ccc(Oc3cc(Cl)ncn3)cc2)ccc1N1CCCCC1. The van der Waals surface area contributed by atoms with Gasteiger partial charge in [0, 0.05) is 36.6 Å². The maximum absolute atomic E-state index is 12.4. The number of amides is 2. The number of rotatable bonds is 6. The Morgan fingerprint density at radius 3 is 2.41 bits per heavy atom. The van der Waals surface area contributed by atoms with Gasteiger partial charge in [0.1, 0.15) is 23.0 Å². The quantitative estimate of drug-likeness (QED) is 0.474. The Kier molecular flexibility index (Phi) is 6.91. The third kappa shape index (κ3) is 5.59. The van der Waals surface area contributed by atoms with Crippen molar-refractivity contribution in [2.24, 2.45) is 0 Å². The number of urea groups is 1. The zero-order chi connectivity index (χ0) is 22.3. The lowest BCUT2D eigenvalue weighted by Crippen LogP contribution is -2.29. The van der Waals surface area contributed by atoms with Crippen molar-refractivity contribution in [3.05, 3.63) is 60.0 Å². The van der Waals surface area contributed by atoms with E-state index in [1.807, 2.05) is 18.2 Å². The highest BCUT2D eigenvalue weighted by atomic mass is 35.5. The first-order valence-corrected chi connectivity index (χ1v) is 10.7. The number of anilines is 3. The molecule has 166 valence electrons. The van der Waals surface area contributed by atoms with Crippen molar-refractivity contribution < 1.29 is 14.3 Å². The van der Waals surface area contributed by atoms with Crippen LogP contribution in [0.15, 0.2) is 54.9 Å². The average Bonchev–Trinajstić information content (AvgIpc) is 2.81. The summed E-state index contributed by atoms with van der Waals surface area (Å²) in [6, 6.07) is 13.8. The average molecular weight is 454 g/mol. The molecule has 1 aromatic heterocycles. The fourth-order valence-corrected chi connectivity index (χ4v) is 3.68. The van der Waals surface area contributed by atoms with Crippen molar-refractivity contribution in [1.82, 2.24) is 9.97 Å². The Morgan fingerprint density at radius 2 is 1.69 bits per heavy atom. The number of aromatic nitrogens is 2. The van der Waals surface area contributed by atoms with Gasteiger partial charge < -0.3 is 25.0 Å². The molecule has 8 nitrogen and oxygen atoms in total. The molecule has 2 amide bonds. The minimum atomic E-state index is -0.353. The maximum atomic E-state index is 12.4. The van der Waals surface area contributed by atoms with Crippen LogP contribution in [-0.4, -0.2) is 36.2 Å². The van der Waals surface area contributed by atoms with Gasteiger partial charge in [-0.15, -0.1) is 0 Å². The zero-order valence-electron chi connectivity index (χ0n) is 17.7. The van der Waals surface area contributed by atoms with Gasteiger partial charge in [0.25, 0.3) is 0 Å². The number of carbonyl (C=O) groups excluding carboxylic acids is 1. The second kappa shape index (κ2) is 10.2. The van der Waals surface area contributed by atoms with E-state index < -0.39 is 0 Å². The smallest absolute Gasteiger partial charge is 0.323 e. The molecule has 0 bridgehead atoms. The molecule has 0 atom stereocenters. The van der Waals surface area contributed by atoms with Gasteiger partial charge in [-0.05, 0) is 55.7 Å². The third-order valence-corrected chi connectivity index (χ3v) is 5.28. The number of benzene rings is 2. The number of hydrogen-bond acceptors (Lipinski definition) is 6. The number of hydrogen-bond donors (Lipinski definition) is 2.